The summed E-state index contributed by atoms with van der Waals surface area (Å²) in [5.74, 6) is 1.17. The van der Waals surface area contributed by atoms with Gasteiger partial charge in [0.25, 0.3) is 0 Å². The number of carbonyl (C=O) groups is 1. The van der Waals surface area contributed by atoms with Gasteiger partial charge in [0.1, 0.15) is 11.5 Å². The van der Waals surface area contributed by atoms with Crippen LogP contribution in [-0.2, 0) is 16.0 Å². The Morgan fingerprint density at radius 2 is 2.09 bits per heavy atom. The summed E-state index contributed by atoms with van der Waals surface area (Å²) in [5, 5.41) is 0. The highest BCUT2D eigenvalue weighted by molar-refractivity contribution is 7.91. The van der Waals surface area contributed by atoms with Crippen LogP contribution in [0.2, 0.25) is 0 Å². The summed E-state index contributed by atoms with van der Waals surface area (Å²) in [4.78, 5) is 12.7. The first-order valence-electron chi connectivity index (χ1n) is 3.50. The molecule has 0 aromatic rings. The van der Waals surface area contributed by atoms with Gasteiger partial charge in [-0.25, -0.2) is 0 Å². The lowest BCUT2D eigenvalue weighted by atomic mass is 10.4. The van der Waals surface area contributed by atoms with Crippen molar-refractivity contribution < 1.29 is 9.35 Å². The fourth-order valence-corrected chi connectivity index (χ4v) is 2.04. The average molecular weight is 173 g/mol. The molecule has 1 saturated heterocycles. The topological polar surface area (TPSA) is 43.4 Å². The van der Waals surface area contributed by atoms with Crippen LogP contribution in [0.3, 0.4) is 0 Å². The first kappa shape index (κ1) is 8.62. The van der Waals surface area contributed by atoms with E-state index in [1.807, 2.05) is 0 Å². The molecule has 4 heteroatoms. The van der Waals surface area contributed by atoms with E-state index in [1.165, 1.54) is 6.08 Å². The van der Waals surface area contributed by atoms with E-state index in [4.69, 9.17) is 0 Å². The van der Waals surface area contributed by atoms with Crippen molar-refractivity contribution in [1.29, 1.82) is 0 Å². The van der Waals surface area contributed by atoms with Crippen molar-refractivity contribution in [1.82, 2.24) is 4.90 Å². The monoisotopic (exact) mass is 173 g/mol. The first-order chi connectivity index (χ1) is 5.24. The molecule has 1 aliphatic heterocycles. The van der Waals surface area contributed by atoms with Crippen LogP contribution in [0.15, 0.2) is 12.7 Å². The molecule has 0 aromatic carbocycles. The van der Waals surface area contributed by atoms with Crippen molar-refractivity contribution in [3.63, 3.8) is 0 Å². The Hall–Kier alpha value is -0.480. The molecule has 0 aromatic heterocycles. The van der Waals surface area contributed by atoms with Gasteiger partial charge >= 0.3 is 0 Å². The van der Waals surface area contributed by atoms with Crippen LogP contribution in [-0.4, -0.2) is 40.0 Å². The van der Waals surface area contributed by atoms with Crippen LogP contribution in [0, 0.1) is 0 Å². The standard InChI is InChI=1S/C7H11NO2S/c1-2-7(9)8-3-5-11(10)6-4-8/h2H,1,3-6H2. The van der Waals surface area contributed by atoms with Gasteiger partial charge in [0, 0.05) is 0 Å². The molecule has 0 radical (unpaired) electrons. The maximum absolute atomic E-state index is 11.0. The molecular weight excluding hydrogens is 162 g/mol. The van der Waals surface area contributed by atoms with E-state index < -0.39 is 11.2 Å². The minimum absolute atomic E-state index is 0.0540. The van der Waals surface area contributed by atoms with Crippen LogP contribution >= 0.6 is 0 Å². The molecule has 0 N–H and O–H groups in total. The molecule has 0 spiro atoms. The van der Waals surface area contributed by atoms with Crippen molar-refractivity contribution >= 4 is 17.1 Å². The molecule has 1 aliphatic rings. The molecule has 11 heavy (non-hydrogen) atoms. The quantitative estimate of drug-likeness (QED) is 0.406. The van der Waals surface area contributed by atoms with Gasteiger partial charge in [-0.05, 0) is 6.08 Å². The zero-order valence-corrected chi connectivity index (χ0v) is 7.10. The smallest absolute Gasteiger partial charge is 0.246 e. The SMILES string of the molecule is C=CC(=O)N1CC[S+]([O-])CC1. The largest absolute Gasteiger partial charge is 0.616 e. The highest BCUT2D eigenvalue weighted by Gasteiger charge is 2.21. The normalized spacial score (nSPS) is 19.9. The zero-order valence-electron chi connectivity index (χ0n) is 6.28. The Kier molecular flexibility index (Phi) is 2.96. The number of nitrogens with zero attached hydrogens (tertiary/aromatic N) is 1. The zero-order chi connectivity index (χ0) is 8.27. The van der Waals surface area contributed by atoms with Crippen molar-refractivity contribution in [2.45, 2.75) is 0 Å². The molecule has 1 amide bonds. The van der Waals surface area contributed by atoms with Crippen molar-refractivity contribution in [3.05, 3.63) is 12.7 Å². The lowest BCUT2D eigenvalue weighted by Gasteiger charge is -2.26. The van der Waals surface area contributed by atoms with Crippen LogP contribution in [0.5, 0.6) is 0 Å². The molecule has 0 bridgehead atoms. The van der Waals surface area contributed by atoms with E-state index in [0.717, 1.165) is 0 Å². The Balaban J connectivity index is 2.38. The van der Waals surface area contributed by atoms with E-state index >= 15 is 0 Å². The van der Waals surface area contributed by atoms with E-state index in [2.05, 4.69) is 6.58 Å². The minimum atomic E-state index is -0.708. The third-order valence-electron chi connectivity index (χ3n) is 1.66. The molecule has 62 valence electrons. The summed E-state index contributed by atoms with van der Waals surface area (Å²) < 4.78 is 10.9. The average Bonchev–Trinajstić information content (AvgIpc) is 2.05. The second kappa shape index (κ2) is 3.78. The highest BCUT2D eigenvalue weighted by Crippen LogP contribution is 2.03. The van der Waals surface area contributed by atoms with Crippen LogP contribution in [0.25, 0.3) is 0 Å². The number of hydrogen-bond acceptors (Lipinski definition) is 2. The second-order valence-corrected chi connectivity index (χ2v) is 4.07. The number of carbonyl (C=O) groups excluding carboxylic acids is 1. The lowest BCUT2D eigenvalue weighted by Crippen LogP contribution is -2.42. The van der Waals surface area contributed by atoms with Gasteiger partial charge in [-0.3, -0.25) is 4.79 Å². The summed E-state index contributed by atoms with van der Waals surface area (Å²) in [5.41, 5.74) is 0. The van der Waals surface area contributed by atoms with Gasteiger partial charge in [0.2, 0.25) is 5.91 Å². The second-order valence-electron chi connectivity index (χ2n) is 2.38. The Labute approximate surface area is 69.2 Å². The number of hydrogen-bond donors (Lipinski definition) is 0. The third kappa shape index (κ3) is 2.24. The number of amides is 1. The predicted octanol–water partition coefficient (Wildman–Crippen LogP) is -0.237. The molecule has 0 aliphatic carbocycles. The molecule has 1 heterocycles. The summed E-state index contributed by atoms with van der Waals surface area (Å²) in [6.07, 6.45) is 1.30. The highest BCUT2D eigenvalue weighted by atomic mass is 32.2. The summed E-state index contributed by atoms with van der Waals surface area (Å²) >= 11 is -0.708. The predicted molar refractivity (Wildman–Crippen MR) is 44.7 cm³/mol. The Morgan fingerprint density at radius 3 is 2.55 bits per heavy atom. The van der Waals surface area contributed by atoms with E-state index in [1.54, 1.807) is 4.90 Å². The lowest BCUT2D eigenvalue weighted by molar-refractivity contribution is -0.125. The fourth-order valence-electron chi connectivity index (χ4n) is 0.987. The van der Waals surface area contributed by atoms with Gasteiger partial charge in [0.15, 0.2) is 0 Å². The summed E-state index contributed by atoms with van der Waals surface area (Å²) in [6, 6.07) is 0. The van der Waals surface area contributed by atoms with Crippen LogP contribution in [0.1, 0.15) is 0 Å². The molecule has 0 atom stereocenters. The van der Waals surface area contributed by atoms with Crippen molar-refractivity contribution in [2.75, 3.05) is 24.6 Å². The van der Waals surface area contributed by atoms with Crippen LogP contribution < -0.4 is 0 Å². The van der Waals surface area contributed by atoms with Gasteiger partial charge < -0.3 is 9.45 Å². The fraction of sp³-hybridized carbons (Fsp3) is 0.571. The van der Waals surface area contributed by atoms with Crippen molar-refractivity contribution in [2.24, 2.45) is 0 Å². The molecule has 1 fully saturated rings. The maximum atomic E-state index is 11.0. The molecule has 3 nitrogen and oxygen atoms in total. The summed E-state index contributed by atoms with van der Waals surface area (Å²) in [7, 11) is 0. The minimum Gasteiger partial charge on any atom is -0.616 e. The van der Waals surface area contributed by atoms with Gasteiger partial charge in [-0.1, -0.05) is 17.8 Å². The van der Waals surface area contributed by atoms with E-state index in [-0.39, 0.29) is 5.91 Å². The molecule has 0 unspecified atom stereocenters. The molecule has 1 rings (SSSR count). The summed E-state index contributed by atoms with van der Waals surface area (Å²) in [6.45, 7) is 4.60. The first-order valence-corrected chi connectivity index (χ1v) is 4.99. The van der Waals surface area contributed by atoms with Gasteiger partial charge in [-0.2, -0.15) is 0 Å². The van der Waals surface area contributed by atoms with E-state index in [9.17, 15) is 9.35 Å². The molecule has 0 saturated carbocycles. The third-order valence-corrected chi connectivity index (χ3v) is 2.94. The van der Waals surface area contributed by atoms with Gasteiger partial charge in [0.05, 0.1) is 13.1 Å². The maximum Gasteiger partial charge on any atom is 0.246 e. The Bertz CT molecular complexity index is 164. The van der Waals surface area contributed by atoms with Gasteiger partial charge in [-0.15, -0.1) is 0 Å². The Morgan fingerprint density at radius 1 is 1.55 bits per heavy atom. The molecular formula is C7H11NO2S. The van der Waals surface area contributed by atoms with Crippen molar-refractivity contribution in [3.8, 4) is 0 Å². The number of rotatable bonds is 1. The van der Waals surface area contributed by atoms with E-state index in [0.29, 0.717) is 24.6 Å². The van der Waals surface area contributed by atoms with Crippen LogP contribution in [0.4, 0.5) is 0 Å².